The van der Waals surface area contributed by atoms with E-state index in [1.165, 1.54) is 0 Å². The van der Waals surface area contributed by atoms with Gasteiger partial charge >= 0.3 is 11.9 Å². The second-order valence-corrected chi connectivity index (χ2v) is 5.86. The molecule has 3 atom stereocenters. The van der Waals surface area contributed by atoms with Crippen molar-refractivity contribution >= 4 is 11.9 Å². The van der Waals surface area contributed by atoms with Gasteiger partial charge in [-0.3, -0.25) is 0 Å². The van der Waals surface area contributed by atoms with Crippen molar-refractivity contribution in [2.45, 2.75) is 24.9 Å². The number of nitrogens with zero attached hydrogens (tertiary/aromatic N) is 3. The number of carbonyl (C=O) groups is 2. The molecule has 0 amide bonds. The first-order valence-electron chi connectivity index (χ1n) is 8.35. The van der Waals surface area contributed by atoms with E-state index in [4.69, 9.17) is 19.7 Å². The van der Waals surface area contributed by atoms with Crippen LogP contribution in [0.5, 0.6) is 0 Å². The van der Waals surface area contributed by atoms with Crippen LogP contribution in [-0.2, 0) is 14.2 Å². The SMILES string of the molecule is [N-]=[N+]=N[C@@H]1O[C@H](COC(=O)c2ccccc2)C[C@H]1OC(=O)c1ccccc1. The zero-order valence-corrected chi connectivity index (χ0v) is 14.3. The van der Waals surface area contributed by atoms with E-state index in [1.807, 2.05) is 0 Å². The van der Waals surface area contributed by atoms with Crippen LogP contribution in [0.15, 0.2) is 65.8 Å². The van der Waals surface area contributed by atoms with Gasteiger partial charge in [0, 0.05) is 11.3 Å². The maximum absolute atomic E-state index is 12.2. The lowest BCUT2D eigenvalue weighted by molar-refractivity contribution is -0.0246. The van der Waals surface area contributed by atoms with Crippen LogP contribution < -0.4 is 0 Å². The average Bonchev–Trinajstić information content (AvgIpc) is 3.09. The van der Waals surface area contributed by atoms with E-state index < -0.39 is 30.4 Å². The molecule has 1 fully saturated rings. The highest BCUT2D eigenvalue weighted by molar-refractivity contribution is 5.89. The molecule has 0 radical (unpaired) electrons. The maximum Gasteiger partial charge on any atom is 0.338 e. The molecule has 0 aliphatic carbocycles. The summed E-state index contributed by atoms with van der Waals surface area (Å²) in [4.78, 5) is 26.9. The summed E-state index contributed by atoms with van der Waals surface area (Å²) in [5.41, 5.74) is 9.51. The van der Waals surface area contributed by atoms with Crippen LogP contribution in [0.2, 0.25) is 0 Å². The van der Waals surface area contributed by atoms with Crippen molar-refractivity contribution in [1.82, 2.24) is 0 Å². The minimum absolute atomic E-state index is 0.0371. The number of azide groups is 1. The van der Waals surface area contributed by atoms with Gasteiger partial charge in [-0.1, -0.05) is 41.5 Å². The standard InChI is InChI=1S/C19H17N3O5/c20-22-21-17-16(27-19(24)14-9-5-2-6-10-14)11-15(26-17)12-25-18(23)13-7-3-1-4-8-13/h1-10,15-17H,11-12H2/t15-,16+,17+/m0/s1. The Morgan fingerprint density at radius 3 is 2.22 bits per heavy atom. The molecule has 3 rings (SSSR count). The van der Waals surface area contributed by atoms with E-state index >= 15 is 0 Å². The lowest BCUT2D eigenvalue weighted by atomic mass is 10.2. The summed E-state index contributed by atoms with van der Waals surface area (Å²) in [6, 6.07) is 17.0. The van der Waals surface area contributed by atoms with Crippen molar-refractivity contribution < 1.29 is 23.8 Å². The van der Waals surface area contributed by atoms with Crippen LogP contribution in [0.3, 0.4) is 0 Å². The third kappa shape index (κ3) is 4.84. The van der Waals surface area contributed by atoms with Gasteiger partial charge in [-0.05, 0) is 29.8 Å². The van der Waals surface area contributed by atoms with E-state index in [9.17, 15) is 9.59 Å². The first-order chi connectivity index (χ1) is 13.2. The highest BCUT2D eigenvalue weighted by atomic mass is 16.6. The molecule has 27 heavy (non-hydrogen) atoms. The lowest BCUT2D eigenvalue weighted by Gasteiger charge is -2.14. The van der Waals surface area contributed by atoms with Crippen LogP contribution in [0.1, 0.15) is 27.1 Å². The molecular weight excluding hydrogens is 350 g/mol. The maximum atomic E-state index is 12.2. The second kappa shape index (κ2) is 8.84. The van der Waals surface area contributed by atoms with Crippen molar-refractivity contribution in [3.63, 3.8) is 0 Å². The van der Waals surface area contributed by atoms with Crippen molar-refractivity contribution in [2.75, 3.05) is 6.61 Å². The number of rotatable bonds is 6. The van der Waals surface area contributed by atoms with Crippen molar-refractivity contribution in [3.8, 4) is 0 Å². The zero-order valence-electron chi connectivity index (χ0n) is 14.3. The van der Waals surface area contributed by atoms with Gasteiger partial charge in [-0.2, -0.15) is 0 Å². The molecular formula is C19H17N3O5. The molecule has 8 nitrogen and oxygen atoms in total. The molecule has 8 heteroatoms. The van der Waals surface area contributed by atoms with Crippen molar-refractivity contribution in [1.29, 1.82) is 0 Å². The van der Waals surface area contributed by atoms with Gasteiger partial charge in [0.05, 0.1) is 17.2 Å². The number of ether oxygens (including phenoxy) is 3. The van der Waals surface area contributed by atoms with E-state index in [0.29, 0.717) is 11.1 Å². The van der Waals surface area contributed by atoms with Crippen molar-refractivity contribution in [2.24, 2.45) is 5.11 Å². The number of hydrogen-bond acceptors (Lipinski definition) is 6. The van der Waals surface area contributed by atoms with Gasteiger partial charge < -0.3 is 14.2 Å². The zero-order chi connectivity index (χ0) is 19.1. The van der Waals surface area contributed by atoms with Gasteiger partial charge in [-0.25, -0.2) is 9.59 Å². The summed E-state index contributed by atoms with van der Waals surface area (Å²) in [6.07, 6.45) is -2.01. The Morgan fingerprint density at radius 2 is 1.63 bits per heavy atom. The Balaban J connectivity index is 1.58. The molecule has 2 aromatic carbocycles. The second-order valence-electron chi connectivity index (χ2n) is 5.86. The molecule has 1 aliphatic heterocycles. The molecule has 0 N–H and O–H groups in total. The molecule has 1 heterocycles. The predicted molar refractivity (Wildman–Crippen MR) is 94.8 cm³/mol. The molecule has 2 aromatic rings. The van der Waals surface area contributed by atoms with Gasteiger partial charge in [0.25, 0.3) is 0 Å². The predicted octanol–water partition coefficient (Wildman–Crippen LogP) is 3.49. The first-order valence-corrected chi connectivity index (χ1v) is 8.35. The first kappa shape index (κ1) is 18.4. The van der Waals surface area contributed by atoms with E-state index in [2.05, 4.69) is 10.0 Å². The smallest absolute Gasteiger partial charge is 0.338 e. The van der Waals surface area contributed by atoms with Crippen molar-refractivity contribution in [3.05, 3.63) is 82.2 Å². The number of esters is 2. The lowest BCUT2D eigenvalue weighted by Crippen LogP contribution is -2.25. The molecule has 138 valence electrons. The Kier molecular flexibility index (Phi) is 6.04. The monoisotopic (exact) mass is 367 g/mol. The van der Waals surface area contributed by atoms with Gasteiger partial charge in [0.1, 0.15) is 12.7 Å². The quantitative estimate of drug-likeness (QED) is 0.336. The average molecular weight is 367 g/mol. The topological polar surface area (TPSA) is 111 Å². The molecule has 0 saturated carbocycles. The summed E-state index contributed by atoms with van der Waals surface area (Å²) in [6.45, 7) is -0.0371. The largest absolute Gasteiger partial charge is 0.459 e. The van der Waals surface area contributed by atoms with Crippen LogP contribution in [-0.4, -0.2) is 37.0 Å². The van der Waals surface area contributed by atoms with E-state index in [0.717, 1.165) is 0 Å². The molecule has 0 unspecified atom stereocenters. The Labute approximate surface area is 155 Å². The highest BCUT2D eigenvalue weighted by Crippen LogP contribution is 2.26. The number of carbonyl (C=O) groups excluding carboxylic acids is 2. The van der Waals surface area contributed by atoms with Crippen LogP contribution in [0.4, 0.5) is 0 Å². The molecule has 0 spiro atoms. The summed E-state index contributed by atoms with van der Waals surface area (Å²) in [5, 5.41) is 3.53. The summed E-state index contributed by atoms with van der Waals surface area (Å²) >= 11 is 0. The minimum Gasteiger partial charge on any atom is -0.459 e. The Morgan fingerprint density at radius 1 is 1.04 bits per heavy atom. The van der Waals surface area contributed by atoms with E-state index in [1.54, 1.807) is 60.7 Å². The minimum atomic E-state index is -0.969. The van der Waals surface area contributed by atoms with Gasteiger partial charge in [-0.15, -0.1) is 0 Å². The molecule has 1 saturated heterocycles. The molecule has 0 aromatic heterocycles. The third-order valence-corrected chi connectivity index (χ3v) is 3.99. The van der Waals surface area contributed by atoms with E-state index in [-0.39, 0.29) is 13.0 Å². The summed E-state index contributed by atoms with van der Waals surface area (Å²) in [7, 11) is 0. The highest BCUT2D eigenvalue weighted by Gasteiger charge is 2.38. The van der Waals surface area contributed by atoms with Crippen LogP contribution >= 0.6 is 0 Å². The van der Waals surface area contributed by atoms with Crippen LogP contribution in [0, 0.1) is 0 Å². The summed E-state index contributed by atoms with van der Waals surface area (Å²) in [5.74, 6) is -1.02. The molecule has 0 bridgehead atoms. The van der Waals surface area contributed by atoms with Gasteiger partial charge in [0.2, 0.25) is 0 Å². The Hall–Kier alpha value is -3.35. The fraction of sp³-hybridized carbons (Fsp3) is 0.263. The van der Waals surface area contributed by atoms with Crippen LogP contribution in [0.25, 0.3) is 10.4 Å². The third-order valence-electron chi connectivity index (χ3n) is 3.99. The molecule has 1 aliphatic rings. The normalized spacial score (nSPS) is 21.1. The Bertz CT molecular complexity index is 837. The fourth-order valence-electron chi connectivity index (χ4n) is 2.69. The number of benzene rings is 2. The fourth-order valence-corrected chi connectivity index (χ4v) is 2.69. The summed E-state index contributed by atoms with van der Waals surface area (Å²) < 4.78 is 16.2. The number of hydrogen-bond donors (Lipinski definition) is 0. The van der Waals surface area contributed by atoms with Gasteiger partial charge in [0.15, 0.2) is 6.23 Å².